The van der Waals surface area contributed by atoms with Crippen LogP contribution in [0.15, 0.2) is 0 Å². The average Bonchev–Trinajstić information content (AvgIpc) is 2.73. The minimum atomic E-state index is -0.0940. The number of unbranched alkanes of at least 4 members (excludes halogenated alkanes) is 4. The van der Waals surface area contributed by atoms with Gasteiger partial charge in [0.05, 0.1) is 33.0 Å². The topological polar surface area (TPSA) is 54.0 Å². The molecule has 1 atom stereocenters. The van der Waals surface area contributed by atoms with Gasteiger partial charge in [-0.3, -0.25) is 4.79 Å². The van der Waals surface area contributed by atoms with E-state index in [4.69, 9.17) is 18.9 Å². The Kier molecular flexibility index (Phi) is 22.5. The van der Waals surface area contributed by atoms with Crippen LogP contribution in [0.25, 0.3) is 0 Å². The highest BCUT2D eigenvalue weighted by Gasteiger charge is 2.12. The Labute approximate surface area is 186 Å². The van der Waals surface area contributed by atoms with Crippen molar-refractivity contribution >= 4 is 5.97 Å². The maximum absolute atomic E-state index is 12.0. The summed E-state index contributed by atoms with van der Waals surface area (Å²) >= 11 is 0. The van der Waals surface area contributed by atoms with Gasteiger partial charge in [-0.15, -0.1) is 0 Å². The fraction of sp³-hybridized carbons (Fsp3) is 0.960. The Morgan fingerprint density at radius 3 is 1.90 bits per heavy atom. The van der Waals surface area contributed by atoms with Crippen molar-refractivity contribution in [3.8, 4) is 0 Å². The summed E-state index contributed by atoms with van der Waals surface area (Å²) < 4.78 is 22.0. The molecule has 0 heterocycles. The van der Waals surface area contributed by atoms with Crippen molar-refractivity contribution in [1.82, 2.24) is 0 Å². The Morgan fingerprint density at radius 1 is 0.667 bits per heavy atom. The summed E-state index contributed by atoms with van der Waals surface area (Å²) in [6.45, 7) is 13.1. The summed E-state index contributed by atoms with van der Waals surface area (Å²) in [5.74, 6) is 1.10. The van der Waals surface area contributed by atoms with Crippen molar-refractivity contribution in [1.29, 1.82) is 0 Å². The van der Waals surface area contributed by atoms with E-state index >= 15 is 0 Å². The number of carbonyl (C=O) groups is 1. The molecule has 30 heavy (non-hydrogen) atoms. The summed E-state index contributed by atoms with van der Waals surface area (Å²) in [4.78, 5) is 12.0. The fourth-order valence-corrected chi connectivity index (χ4v) is 3.13. The number of ether oxygens (including phenoxy) is 4. The first-order valence-electron chi connectivity index (χ1n) is 12.5. The normalized spacial score (nSPS) is 12.4. The third-order valence-corrected chi connectivity index (χ3v) is 5.17. The number of carbonyl (C=O) groups excluding carboxylic acids is 1. The lowest BCUT2D eigenvalue weighted by atomic mass is 9.96. The molecule has 0 aliphatic carbocycles. The van der Waals surface area contributed by atoms with E-state index in [1.165, 1.54) is 51.4 Å². The van der Waals surface area contributed by atoms with Crippen molar-refractivity contribution < 1.29 is 23.7 Å². The van der Waals surface area contributed by atoms with Gasteiger partial charge < -0.3 is 18.9 Å². The van der Waals surface area contributed by atoms with E-state index in [0.29, 0.717) is 64.3 Å². The number of hydrogen-bond donors (Lipinski definition) is 0. The third-order valence-electron chi connectivity index (χ3n) is 5.17. The Hall–Kier alpha value is -0.650. The van der Waals surface area contributed by atoms with Crippen molar-refractivity contribution in [2.24, 2.45) is 11.8 Å². The summed E-state index contributed by atoms with van der Waals surface area (Å²) in [5.41, 5.74) is 0. The summed E-state index contributed by atoms with van der Waals surface area (Å²) in [6.07, 6.45) is 12.1. The van der Waals surface area contributed by atoms with Gasteiger partial charge in [0.15, 0.2) is 0 Å². The largest absolute Gasteiger partial charge is 0.465 e. The zero-order valence-corrected chi connectivity index (χ0v) is 20.4. The van der Waals surface area contributed by atoms with E-state index < -0.39 is 0 Å². The fourth-order valence-electron chi connectivity index (χ4n) is 3.13. The first-order valence-corrected chi connectivity index (χ1v) is 12.5. The second-order valence-corrected chi connectivity index (χ2v) is 8.66. The number of rotatable bonds is 23. The van der Waals surface area contributed by atoms with Gasteiger partial charge in [0.25, 0.3) is 0 Å². The molecule has 0 saturated heterocycles. The first-order chi connectivity index (χ1) is 14.6. The SMILES string of the molecule is CCCCCCC(CCCC)COC(=O)CCCOCCOCCOCCC(C)C. The van der Waals surface area contributed by atoms with Gasteiger partial charge in [-0.2, -0.15) is 0 Å². The predicted octanol–water partition coefficient (Wildman–Crippen LogP) is 6.18. The van der Waals surface area contributed by atoms with Crippen molar-refractivity contribution in [3.05, 3.63) is 0 Å². The molecule has 0 spiro atoms. The highest BCUT2D eigenvalue weighted by Crippen LogP contribution is 2.18. The molecule has 0 bridgehead atoms. The standard InChI is InChI=1S/C25H50O5/c1-5-7-9-10-13-24(12-8-6-2)22-30-25(26)14-11-16-27-18-20-29-21-19-28-17-15-23(3)4/h23-24H,5-22H2,1-4H3. The quantitative estimate of drug-likeness (QED) is 0.143. The molecule has 0 aromatic heterocycles. The van der Waals surface area contributed by atoms with Crippen LogP contribution in [0.2, 0.25) is 0 Å². The predicted molar refractivity (Wildman–Crippen MR) is 124 cm³/mol. The monoisotopic (exact) mass is 430 g/mol. The summed E-state index contributed by atoms with van der Waals surface area (Å²) in [7, 11) is 0. The molecule has 0 N–H and O–H groups in total. The summed E-state index contributed by atoms with van der Waals surface area (Å²) in [5, 5.41) is 0. The van der Waals surface area contributed by atoms with Crippen molar-refractivity contribution in [3.63, 3.8) is 0 Å². The third kappa shape index (κ3) is 22.0. The Morgan fingerprint density at radius 2 is 1.27 bits per heavy atom. The van der Waals surface area contributed by atoms with Crippen LogP contribution in [-0.2, 0) is 23.7 Å². The minimum absolute atomic E-state index is 0.0940. The van der Waals surface area contributed by atoms with Gasteiger partial charge in [-0.1, -0.05) is 66.2 Å². The molecule has 180 valence electrons. The molecule has 0 aliphatic rings. The second-order valence-electron chi connectivity index (χ2n) is 8.66. The van der Waals surface area contributed by atoms with Crippen molar-refractivity contribution in [2.45, 2.75) is 98.3 Å². The molecule has 0 saturated carbocycles. The molecule has 0 aliphatic heterocycles. The van der Waals surface area contributed by atoms with Crippen LogP contribution in [0.4, 0.5) is 0 Å². The van der Waals surface area contributed by atoms with Crippen LogP contribution in [0.3, 0.4) is 0 Å². The van der Waals surface area contributed by atoms with Crippen LogP contribution < -0.4 is 0 Å². The molecular formula is C25H50O5. The first kappa shape index (κ1) is 29.4. The van der Waals surface area contributed by atoms with E-state index in [9.17, 15) is 4.79 Å². The molecule has 0 aromatic carbocycles. The van der Waals surface area contributed by atoms with Crippen LogP contribution in [-0.4, -0.2) is 52.2 Å². The molecule has 1 unspecified atom stereocenters. The molecule has 0 rings (SSSR count). The van der Waals surface area contributed by atoms with Crippen LogP contribution >= 0.6 is 0 Å². The van der Waals surface area contributed by atoms with Crippen molar-refractivity contribution in [2.75, 3.05) is 46.2 Å². The molecule has 5 heteroatoms. The van der Waals surface area contributed by atoms with Gasteiger partial charge in [0.1, 0.15) is 0 Å². The van der Waals surface area contributed by atoms with E-state index in [-0.39, 0.29) is 5.97 Å². The Bertz CT molecular complexity index is 359. The number of hydrogen-bond acceptors (Lipinski definition) is 5. The lowest BCUT2D eigenvalue weighted by Crippen LogP contribution is -2.15. The molecular weight excluding hydrogens is 380 g/mol. The molecule has 0 aromatic rings. The van der Waals surface area contributed by atoms with Gasteiger partial charge in [-0.05, 0) is 37.5 Å². The van der Waals surface area contributed by atoms with Crippen LogP contribution in [0.1, 0.15) is 98.3 Å². The highest BCUT2D eigenvalue weighted by atomic mass is 16.5. The van der Waals surface area contributed by atoms with E-state index in [2.05, 4.69) is 27.7 Å². The summed E-state index contributed by atoms with van der Waals surface area (Å²) in [6, 6.07) is 0. The average molecular weight is 431 g/mol. The zero-order chi connectivity index (χ0) is 22.3. The lowest BCUT2D eigenvalue weighted by Gasteiger charge is -2.16. The van der Waals surface area contributed by atoms with Gasteiger partial charge in [0, 0.05) is 19.6 Å². The van der Waals surface area contributed by atoms with Gasteiger partial charge in [0.2, 0.25) is 0 Å². The van der Waals surface area contributed by atoms with Crippen LogP contribution in [0.5, 0.6) is 0 Å². The maximum atomic E-state index is 12.0. The molecule has 0 fully saturated rings. The highest BCUT2D eigenvalue weighted by molar-refractivity contribution is 5.69. The number of esters is 1. The van der Waals surface area contributed by atoms with Gasteiger partial charge >= 0.3 is 5.97 Å². The smallest absolute Gasteiger partial charge is 0.305 e. The lowest BCUT2D eigenvalue weighted by molar-refractivity contribution is -0.145. The van der Waals surface area contributed by atoms with Gasteiger partial charge in [-0.25, -0.2) is 0 Å². The second kappa shape index (κ2) is 23.0. The Balaban J connectivity index is 3.55. The molecule has 0 amide bonds. The maximum Gasteiger partial charge on any atom is 0.305 e. The minimum Gasteiger partial charge on any atom is -0.465 e. The zero-order valence-electron chi connectivity index (χ0n) is 20.4. The van der Waals surface area contributed by atoms with E-state index in [1.54, 1.807) is 0 Å². The molecule has 5 nitrogen and oxygen atoms in total. The van der Waals surface area contributed by atoms with Crippen LogP contribution in [0, 0.1) is 11.8 Å². The van der Waals surface area contributed by atoms with E-state index in [1.807, 2.05) is 0 Å². The van der Waals surface area contributed by atoms with E-state index in [0.717, 1.165) is 13.0 Å². The molecule has 0 radical (unpaired) electrons.